The molecular weight excluding hydrogens is 218 g/mol. The van der Waals surface area contributed by atoms with E-state index < -0.39 is 0 Å². The molecule has 0 radical (unpaired) electrons. The Hall–Kier alpha value is -1.76. The van der Waals surface area contributed by atoms with Gasteiger partial charge >= 0.3 is 0 Å². The van der Waals surface area contributed by atoms with Gasteiger partial charge in [-0.1, -0.05) is 50.3 Å². The van der Waals surface area contributed by atoms with Crippen LogP contribution in [0.15, 0.2) is 48.7 Å². The van der Waals surface area contributed by atoms with Crippen LogP contribution in [0.2, 0.25) is 0 Å². The zero-order valence-electron chi connectivity index (χ0n) is 12.1. The monoisotopic (exact) mass is 241 g/mol. The second kappa shape index (κ2) is 6.85. The number of aromatic nitrogens is 1. The highest BCUT2D eigenvalue weighted by Crippen LogP contribution is 2.24. The van der Waals surface area contributed by atoms with E-state index in [0.717, 1.165) is 0 Å². The summed E-state index contributed by atoms with van der Waals surface area (Å²) in [5.41, 5.74) is 5.13. The second-order valence-electron chi connectivity index (χ2n) is 4.08. The van der Waals surface area contributed by atoms with Crippen molar-refractivity contribution in [1.29, 1.82) is 0 Å². The zero-order chi connectivity index (χ0) is 13.5. The summed E-state index contributed by atoms with van der Waals surface area (Å²) in [5.74, 6) is 0. The van der Waals surface area contributed by atoms with Crippen LogP contribution in [-0.4, -0.2) is 4.57 Å². The first-order valence-electron chi connectivity index (χ1n) is 6.57. The lowest BCUT2D eigenvalue weighted by molar-refractivity contribution is 0.906. The van der Waals surface area contributed by atoms with Gasteiger partial charge in [-0.3, -0.25) is 0 Å². The summed E-state index contributed by atoms with van der Waals surface area (Å²) >= 11 is 0. The van der Waals surface area contributed by atoms with Crippen LogP contribution in [0.1, 0.15) is 37.6 Å². The highest BCUT2D eigenvalue weighted by atomic mass is 14.9. The molecule has 1 heterocycles. The first kappa shape index (κ1) is 14.3. The molecule has 1 aromatic carbocycles. The minimum absolute atomic E-state index is 1.27. The number of aryl methyl sites for hydroxylation is 2. The minimum atomic E-state index is 1.27. The Labute approximate surface area is 111 Å². The van der Waals surface area contributed by atoms with Crippen molar-refractivity contribution in [1.82, 2.24) is 4.57 Å². The molecule has 18 heavy (non-hydrogen) atoms. The molecule has 0 saturated heterocycles. The number of nitrogens with zero attached hydrogens (tertiary/aromatic N) is 1. The van der Waals surface area contributed by atoms with Gasteiger partial charge in [0, 0.05) is 24.5 Å². The third-order valence-corrected chi connectivity index (χ3v) is 2.79. The lowest BCUT2D eigenvalue weighted by Gasteiger charge is -2.08. The van der Waals surface area contributed by atoms with Crippen molar-refractivity contribution in [2.75, 3.05) is 0 Å². The van der Waals surface area contributed by atoms with Crippen molar-refractivity contribution in [3.05, 3.63) is 65.5 Å². The van der Waals surface area contributed by atoms with Gasteiger partial charge in [0.05, 0.1) is 0 Å². The highest BCUT2D eigenvalue weighted by Gasteiger charge is 2.07. The Bertz CT molecular complexity index is 504. The fourth-order valence-electron chi connectivity index (χ4n) is 2.08. The Balaban J connectivity index is 0.000000771. The molecular formula is C17H23N. The summed E-state index contributed by atoms with van der Waals surface area (Å²) < 4.78 is 2.18. The molecule has 0 spiro atoms. The van der Waals surface area contributed by atoms with Crippen LogP contribution in [0, 0.1) is 6.92 Å². The summed E-state index contributed by atoms with van der Waals surface area (Å²) in [4.78, 5) is 0. The van der Waals surface area contributed by atoms with Gasteiger partial charge in [-0.15, -0.1) is 0 Å². The van der Waals surface area contributed by atoms with E-state index in [9.17, 15) is 0 Å². The summed E-state index contributed by atoms with van der Waals surface area (Å²) in [6.45, 7) is 8.21. The molecule has 0 N–H and O–H groups in total. The van der Waals surface area contributed by atoms with Crippen molar-refractivity contribution >= 4 is 5.57 Å². The van der Waals surface area contributed by atoms with Crippen molar-refractivity contribution in [3.8, 4) is 0 Å². The summed E-state index contributed by atoms with van der Waals surface area (Å²) in [7, 11) is 2.09. The molecule has 0 unspecified atom stereocenters. The van der Waals surface area contributed by atoms with E-state index >= 15 is 0 Å². The number of benzene rings is 1. The van der Waals surface area contributed by atoms with Gasteiger partial charge in [-0.05, 0) is 31.0 Å². The number of allylic oxidation sites excluding steroid dienone is 1. The summed E-state index contributed by atoms with van der Waals surface area (Å²) in [6.07, 6.45) is 4.33. The lowest BCUT2D eigenvalue weighted by atomic mass is 10.0. The van der Waals surface area contributed by atoms with Crippen LogP contribution in [0.4, 0.5) is 0 Å². The van der Waals surface area contributed by atoms with Crippen LogP contribution in [-0.2, 0) is 7.05 Å². The molecule has 2 rings (SSSR count). The third-order valence-electron chi connectivity index (χ3n) is 2.79. The normalized spacial score (nSPS) is 10.8. The van der Waals surface area contributed by atoms with Crippen LogP contribution < -0.4 is 0 Å². The predicted molar refractivity (Wildman–Crippen MR) is 80.7 cm³/mol. The number of rotatable bonds is 2. The zero-order valence-corrected chi connectivity index (χ0v) is 12.1. The molecule has 0 fully saturated rings. The molecule has 0 saturated carbocycles. The smallest absolute Gasteiger partial charge is 0.0483 e. The second-order valence-corrected chi connectivity index (χ2v) is 4.08. The molecule has 1 heteroatoms. The Kier molecular flexibility index (Phi) is 5.44. The minimum Gasteiger partial charge on any atom is -0.350 e. The van der Waals surface area contributed by atoms with E-state index in [1.165, 1.54) is 22.4 Å². The average Bonchev–Trinajstić information content (AvgIpc) is 2.73. The van der Waals surface area contributed by atoms with Crippen LogP contribution in [0.25, 0.3) is 5.57 Å². The van der Waals surface area contributed by atoms with Gasteiger partial charge in [-0.2, -0.15) is 0 Å². The molecule has 0 aliphatic carbocycles. The number of hydrogen-bond acceptors (Lipinski definition) is 0. The summed E-state index contributed by atoms with van der Waals surface area (Å²) in [5, 5.41) is 0. The maximum atomic E-state index is 2.22. The van der Waals surface area contributed by atoms with E-state index in [1.807, 2.05) is 19.9 Å². The molecule has 96 valence electrons. The molecule has 0 amide bonds. The molecule has 0 atom stereocenters. The van der Waals surface area contributed by atoms with Gasteiger partial charge in [-0.25, -0.2) is 0 Å². The molecule has 1 aromatic heterocycles. The standard InChI is InChI=1S/C15H17N.C2H6/c1-4-14(13-8-6-5-7-9-13)15-10-12(2)11-16(15)3;1-2/h4-11H,1-3H3;1-2H3/b14-4-;. The molecule has 1 nitrogen and oxygen atoms in total. The predicted octanol–water partition coefficient (Wildman–Crippen LogP) is 4.81. The van der Waals surface area contributed by atoms with E-state index in [-0.39, 0.29) is 0 Å². The quantitative estimate of drug-likeness (QED) is 0.711. The topological polar surface area (TPSA) is 4.93 Å². The Morgan fingerprint density at radius 2 is 1.72 bits per heavy atom. The average molecular weight is 241 g/mol. The van der Waals surface area contributed by atoms with Crippen molar-refractivity contribution in [2.45, 2.75) is 27.7 Å². The van der Waals surface area contributed by atoms with Crippen LogP contribution in [0.5, 0.6) is 0 Å². The fourth-order valence-corrected chi connectivity index (χ4v) is 2.08. The number of hydrogen-bond donors (Lipinski definition) is 0. The third kappa shape index (κ3) is 3.13. The summed E-state index contributed by atoms with van der Waals surface area (Å²) in [6, 6.07) is 12.7. The van der Waals surface area contributed by atoms with Crippen LogP contribution >= 0.6 is 0 Å². The van der Waals surface area contributed by atoms with Crippen molar-refractivity contribution in [3.63, 3.8) is 0 Å². The van der Waals surface area contributed by atoms with E-state index in [1.54, 1.807) is 0 Å². The molecule has 2 aromatic rings. The van der Waals surface area contributed by atoms with Gasteiger partial charge < -0.3 is 4.57 Å². The molecule has 0 bridgehead atoms. The van der Waals surface area contributed by atoms with Gasteiger partial charge in [0.1, 0.15) is 0 Å². The largest absolute Gasteiger partial charge is 0.350 e. The highest BCUT2D eigenvalue weighted by molar-refractivity contribution is 5.78. The lowest BCUT2D eigenvalue weighted by Crippen LogP contribution is -1.95. The fraction of sp³-hybridized carbons (Fsp3) is 0.294. The van der Waals surface area contributed by atoms with Gasteiger partial charge in [0.2, 0.25) is 0 Å². The maximum absolute atomic E-state index is 2.22. The van der Waals surface area contributed by atoms with Gasteiger partial charge in [0.15, 0.2) is 0 Å². The van der Waals surface area contributed by atoms with Crippen molar-refractivity contribution < 1.29 is 0 Å². The SMILES string of the molecule is C/C=C(/c1ccccc1)c1cc(C)cn1C.CC. The first-order valence-corrected chi connectivity index (χ1v) is 6.57. The maximum Gasteiger partial charge on any atom is 0.0483 e. The van der Waals surface area contributed by atoms with Crippen LogP contribution in [0.3, 0.4) is 0 Å². The molecule has 0 aliphatic heterocycles. The van der Waals surface area contributed by atoms with E-state index in [2.05, 4.69) is 68.1 Å². The van der Waals surface area contributed by atoms with E-state index in [4.69, 9.17) is 0 Å². The van der Waals surface area contributed by atoms with E-state index in [0.29, 0.717) is 0 Å². The van der Waals surface area contributed by atoms with Gasteiger partial charge in [0.25, 0.3) is 0 Å². The Morgan fingerprint density at radius 3 is 2.17 bits per heavy atom. The Morgan fingerprint density at radius 1 is 1.11 bits per heavy atom. The first-order chi connectivity index (χ1) is 8.72. The molecule has 0 aliphatic rings. The van der Waals surface area contributed by atoms with Crippen molar-refractivity contribution in [2.24, 2.45) is 7.05 Å².